The third kappa shape index (κ3) is 3.99. The Morgan fingerprint density at radius 1 is 1.10 bits per heavy atom. The zero-order chi connectivity index (χ0) is 21.8. The Morgan fingerprint density at radius 2 is 1.77 bits per heavy atom. The molecule has 5 nitrogen and oxygen atoms in total. The van der Waals surface area contributed by atoms with Gasteiger partial charge < -0.3 is 15.0 Å². The van der Waals surface area contributed by atoms with Crippen LogP contribution in [-0.4, -0.2) is 42.5 Å². The highest BCUT2D eigenvalue weighted by Crippen LogP contribution is 2.49. The number of carbonyl (C=O) groups excluding carboxylic acids is 2. The van der Waals surface area contributed by atoms with Crippen LogP contribution in [0, 0.1) is 0 Å². The molecule has 2 amide bonds. The molecule has 0 radical (unpaired) electrons. The van der Waals surface area contributed by atoms with E-state index in [1.807, 2.05) is 66.4 Å². The number of hydrogen-bond donors (Lipinski definition) is 1. The van der Waals surface area contributed by atoms with E-state index in [1.54, 1.807) is 7.11 Å². The predicted molar refractivity (Wildman–Crippen MR) is 121 cm³/mol. The molecule has 0 saturated heterocycles. The van der Waals surface area contributed by atoms with E-state index in [1.165, 1.54) is 0 Å². The topological polar surface area (TPSA) is 58.6 Å². The number of nitrogens with zero attached hydrogens (tertiary/aromatic N) is 1. The minimum absolute atomic E-state index is 0.000574. The summed E-state index contributed by atoms with van der Waals surface area (Å²) in [7, 11) is 1.65. The van der Waals surface area contributed by atoms with Crippen LogP contribution >= 0.6 is 0 Å². The monoisotopic (exact) mass is 420 g/mol. The first-order valence-corrected chi connectivity index (χ1v) is 11.3. The fraction of sp³-hybridized carbons (Fsp3) is 0.462. The summed E-state index contributed by atoms with van der Waals surface area (Å²) in [4.78, 5) is 29.4. The van der Waals surface area contributed by atoms with Crippen molar-refractivity contribution in [3.8, 4) is 0 Å². The minimum atomic E-state index is -0.497. The van der Waals surface area contributed by atoms with E-state index in [2.05, 4.69) is 5.32 Å². The van der Waals surface area contributed by atoms with E-state index in [-0.39, 0.29) is 23.8 Å². The summed E-state index contributed by atoms with van der Waals surface area (Å²) in [5, 5.41) is 3.26. The Hall–Kier alpha value is -2.66. The van der Waals surface area contributed by atoms with Crippen LogP contribution in [0.25, 0.3) is 0 Å². The number of carbonyl (C=O) groups is 2. The summed E-state index contributed by atoms with van der Waals surface area (Å²) >= 11 is 0. The van der Waals surface area contributed by atoms with Gasteiger partial charge in [-0.2, -0.15) is 0 Å². The summed E-state index contributed by atoms with van der Waals surface area (Å²) in [6.45, 7) is 2.98. The summed E-state index contributed by atoms with van der Waals surface area (Å²) < 4.78 is 5.34. The van der Waals surface area contributed by atoms with Crippen molar-refractivity contribution in [2.45, 2.75) is 56.5 Å². The van der Waals surface area contributed by atoms with E-state index in [0.29, 0.717) is 18.7 Å². The number of methoxy groups -OCH3 is 1. The van der Waals surface area contributed by atoms with E-state index in [9.17, 15) is 9.59 Å². The zero-order valence-corrected chi connectivity index (χ0v) is 18.5. The van der Waals surface area contributed by atoms with Crippen LogP contribution in [0.5, 0.6) is 0 Å². The summed E-state index contributed by atoms with van der Waals surface area (Å²) in [5.74, 6) is -0.361. The smallest absolute Gasteiger partial charge is 0.254 e. The molecule has 2 atom stereocenters. The molecule has 1 spiro atoms. The molecule has 1 aliphatic heterocycles. The van der Waals surface area contributed by atoms with Crippen molar-refractivity contribution in [1.82, 2.24) is 10.2 Å². The number of rotatable bonds is 6. The Bertz CT molecular complexity index is 921. The molecular formula is C26H32N2O3. The Morgan fingerprint density at radius 3 is 2.48 bits per heavy atom. The molecule has 1 N–H and O–H groups in total. The number of fused-ring (bicyclic) bond motifs is 1. The molecule has 31 heavy (non-hydrogen) atoms. The van der Waals surface area contributed by atoms with Gasteiger partial charge in [-0.3, -0.25) is 9.59 Å². The normalized spacial score (nSPS) is 20.9. The fourth-order valence-electron chi connectivity index (χ4n) is 5.47. The highest BCUT2D eigenvalue weighted by Gasteiger charge is 2.54. The highest BCUT2D eigenvalue weighted by atomic mass is 16.5. The molecule has 1 fully saturated rings. The average Bonchev–Trinajstić information content (AvgIpc) is 2.80. The molecule has 2 aliphatic rings. The average molecular weight is 421 g/mol. The van der Waals surface area contributed by atoms with Crippen molar-refractivity contribution in [3.05, 3.63) is 71.3 Å². The van der Waals surface area contributed by atoms with Crippen LogP contribution in [0.2, 0.25) is 0 Å². The van der Waals surface area contributed by atoms with Gasteiger partial charge in [0.25, 0.3) is 5.91 Å². The van der Waals surface area contributed by atoms with Gasteiger partial charge in [-0.05, 0) is 37.0 Å². The van der Waals surface area contributed by atoms with E-state index < -0.39 is 5.54 Å². The van der Waals surface area contributed by atoms with Crippen molar-refractivity contribution in [1.29, 1.82) is 0 Å². The quantitative estimate of drug-likeness (QED) is 0.751. The molecule has 1 heterocycles. The zero-order valence-electron chi connectivity index (χ0n) is 18.5. The summed E-state index contributed by atoms with van der Waals surface area (Å²) in [6.07, 6.45) is 4.88. The number of benzene rings is 2. The lowest BCUT2D eigenvalue weighted by atomic mass is 9.65. The van der Waals surface area contributed by atoms with Crippen LogP contribution in [0.1, 0.15) is 72.5 Å². The first-order chi connectivity index (χ1) is 15.1. The molecule has 4 rings (SSSR count). The van der Waals surface area contributed by atoms with Gasteiger partial charge in [0.1, 0.15) is 0 Å². The SMILES string of the molecule is COCCN1C(=O)c2ccccc2[C@H](C(=O)N[C@H](C)c2ccccc2)C12CCCCC2. The Kier molecular flexibility index (Phi) is 6.42. The largest absolute Gasteiger partial charge is 0.383 e. The Balaban J connectivity index is 1.75. The first kappa shape index (κ1) is 21.6. The van der Waals surface area contributed by atoms with Gasteiger partial charge in [0.2, 0.25) is 5.91 Å². The van der Waals surface area contributed by atoms with E-state index >= 15 is 0 Å². The number of hydrogen-bond acceptors (Lipinski definition) is 3. The van der Waals surface area contributed by atoms with E-state index in [0.717, 1.165) is 43.2 Å². The van der Waals surface area contributed by atoms with Crippen LogP contribution in [0.4, 0.5) is 0 Å². The van der Waals surface area contributed by atoms with Crippen molar-refractivity contribution >= 4 is 11.8 Å². The molecule has 2 aromatic carbocycles. The molecule has 2 aromatic rings. The first-order valence-electron chi connectivity index (χ1n) is 11.3. The third-order valence-electron chi connectivity index (χ3n) is 6.98. The second kappa shape index (κ2) is 9.23. The van der Waals surface area contributed by atoms with Crippen molar-refractivity contribution in [3.63, 3.8) is 0 Å². The Labute approximate surface area is 184 Å². The summed E-state index contributed by atoms with van der Waals surface area (Å²) in [5.41, 5.74) is 2.08. The maximum atomic E-state index is 13.9. The lowest BCUT2D eigenvalue weighted by Gasteiger charge is -2.53. The minimum Gasteiger partial charge on any atom is -0.383 e. The van der Waals surface area contributed by atoms with Crippen molar-refractivity contribution in [2.24, 2.45) is 0 Å². The highest BCUT2D eigenvalue weighted by molar-refractivity contribution is 6.02. The van der Waals surface area contributed by atoms with Crippen LogP contribution in [0.15, 0.2) is 54.6 Å². The molecule has 0 bridgehead atoms. The lowest BCUT2D eigenvalue weighted by Crippen LogP contribution is -2.63. The van der Waals surface area contributed by atoms with Gasteiger partial charge in [-0.25, -0.2) is 0 Å². The second-order valence-corrected chi connectivity index (χ2v) is 8.78. The maximum Gasteiger partial charge on any atom is 0.254 e. The molecule has 0 unspecified atom stereocenters. The van der Waals surface area contributed by atoms with Crippen molar-refractivity contribution in [2.75, 3.05) is 20.3 Å². The van der Waals surface area contributed by atoms with Crippen LogP contribution < -0.4 is 5.32 Å². The fourth-order valence-corrected chi connectivity index (χ4v) is 5.47. The van der Waals surface area contributed by atoms with Gasteiger partial charge in [-0.1, -0.05) is 67.8 Å². The van der Waals surface area contributed by atoms with Gasteiger partial charge in [0.05, 0.1) is 24.1 Å². The molecule has 0 aromatic heterocycles. The summed E-state index contributed by atoms with van der Waals surface area (Å²) in [6, 6.07) is 17.6. The number of amides is 2. The molecular weight excluding hydrogens is 388 g/mol. The molecule has 1 saturated carbocycles. The predicted octanol–water partition coefficient (Wildman–Crippen LogP) is 4.45. The van der Waals surface area contributed by atoms with Gasteiger partial charge in [0.15, 0.2) is 0 Å². The van der Waals surface area contributed by atoms with Gasteiger partial charge in [0, 0.05) is 19.2 Å². The van der Waals surface area contributed by atoms with Crippen LogP contribution in [-0.2, 0) is 9.53 Å². The van der Waals surface area contributed by atoms with Gasteiger partial charge >= 0.3 is 0 Å². The number of ether oxygens (including phenoxy) is 1. The van der Waals surface area contributed by atoms with Crippen molar-refractivity contribution < 1.29 is 14.3 Å². The third-order valence-corrected chi connectivity index (χ3v) is 6.98. The molecule has 164 valence electrons. The number of nitrogens with one attached hydrogen (secondary N) is 1. The molecule has 1 aliphatic carbocycles. The van der Waals surface area contributed by atoms with E-state index in [4.69, 9.17) is 4.74 Å². The standard InChI is InChI=1S/C26H32N2O3/c1-19(20-11-5-3-6-12-20)27-24(29)23-21-13-7-8-14-22(21)25(30)28(17-18-31-2)26(23)15-9-4-10-16-26/h3,5-8,11-14,19,23H,4,9-10,15-18H2,1-2H3,(H,27,29)/t19-,23-/m1/s1. The van der Waals surface area contributed by atoms with Crippen LogP contribution in [0.3, 0.4) is 0 Å². The maximum absolute atomic E-state index is 13.9. The van der Waals surface area contributed by atoms with Gasteiger partial charge in [-0.15, -0.1) is 0 Å². The second-order valence-electron chi connectivity index (χ2n) is 8.78. The lowest BCUT2D eigenvalue weighted by molar-refractivity contribution is -0.128. The molecule has 5 heteroatoms.